The molecule has 124 valence electrons. The number of ether oxygens (including phenoxy) is 1. The van der Waals surface area contributed by atoms with Crippen molar-refractivity contribution >= 4 is 12.1 Å². The number of pyridine rings is 1. The summed E-state index contributed by atoms with van der Waals surface area (Å²) in [6.07, 6.45) is 3.14. The van der Waals surface area contributed by atoms with Gasteiger partial charge in [0.2, 0.25) is 0 Å². The summed E-state index contributed by atoms with van der Waals surface area (Å²) in [7, 11) is 0. The molecule has 3 rings (SSSR count). The molecule has 1 amide bonds. The Hall–Kier alpha value is -3.47. The van der Waals surface area contributed by atoms with E-state index in [-0.39, 0.29) is 12.5 Å². The van der Waals surface area contributed by atoms with Gasteiger partial charge in [-0.25, -0.2) is 5.43 Å². The first-order valence-electron chi connectivity index (χ1n) is 7.82. The average molecular weight is 331 g/mol. The van der Waals surface area contributed by atoms with Gasteiger partial charge >= 0.3 is 0 Å². The molecule has 0 unspecified atom stereocenters. The van der Waals surface area contributed by atoms with Crippen LogP contribution in [-0.4, -0.2) is 23.7 Å². The molecule has 1 N–H and O–H groups in total. The molecule has 0 atom stereocenters. The Morgan fingerprint density at radius 3 is 2.40 bits per heavy atom. The minimum atomic E-state index is -0.334. The van der Waals surface area contributed by atoms with Gasteiger partial charge in [0.05, 0.1) is 11.9 Å². The molecule has 2 aromatic carbocycles. The maximum atomic E-state index is 11.7. The molecular weight excluding hydrogens is 314 g/mol. The summed E-state index contributed by atoms with van der Waals surface area (Å²) in [6, 6.07) is 23.1. The summed E-state index contributed by atoms with van der Waals surface area (Å²) in [5.74, 6) is 0.294. The number of hydrogen-bond acceptors (Lipinski definition) is 4. The zero-order valence-corrected chi connectivity index (χ0v) is 13.5. The van der Waals surface area contributed by atoms with Crippen molar-refractivity contribution in [1.29, 1.82) is 0 Å². The van der Waals surface area contributed by atoms with Crippen LogP contribution >= 0.6 is 0 Å². The van der Waals surface area contributed by atoms with Gasteiger partial charge in [0, 0.05) is 6.20 Å². The molecule has 5 nitrogen and oxygen atoms in total. The summed E-state index contributed by atoms with van der Waals surface area (Å²) < 4.78 is 5.46. The Balaban J connectivity index is 1.48. The van der Waals surface area contributed by atoms with E-state index in [1.807, 2.05) is 66.7 Å². The maximum Gasteiger partial charge on any atom is 0.277 e. The van der Waals surface area contributed by atoms with Gasteiger partial charge < -0.3 is 4.74 Å². The van der Waals surface area contributed by atoms with Crippen LogP contribution in [0.25, 0.3) is 11.1 Å². The molecule has 0 aliphatic heterocycles. The second-order valence-corrected chi connectivity index (χ2v) is 5.23. The molecule has 0 fully saturated rings. The van der Waals surface area contributed by atoms with Crippen molar-refractivity contribution in [3.8, 4) is 16.9 Å². The molecule has 0 aliphatic carbocycles. The second-order valence-electron chi connectivity index (χ2n) is 5.23. The normalized spacial score (nSPS) is 10.6. The maximum absolute atomic E-state index is 11.7. The van der Waals surface area contributed by atoms with E-state index in [4.69, 9.17) is 4.74 Å². The first-order valence-corrected chi connectivity index (χ1v) is 7.82. The standard InChI is InChI=1S/C20H17N3O2/c24-20(23-22-14-18-8-4-5-13-21-18)15-25-19-11-9-17(10-12-19)16-6-2-1-3-7-16/h1-14H,15H2,(H,23,24)/b22-14-. The quantitative estimate of drug-likeness (QED) is 0.557. The summed E-state index contributed by atoms with van der Waals surface area (Å²) in [4.78, 5) is 15.8. The first-order chi connectivity index (χ1) is 12.3. The lowest BCUT2D eigenvalue weighted by atomic mass is 10.1. The van der Waals surface area contributed by atoms with Crippen LogP contribution in [0.15, 0.2) is 84.1 Å². The van der Waals surface area contributed by atoms with Gasteiger partial charge in [-0.2, -0.15) is 5.10 Å². The lowest BCUT2D eigenvalue weighted by Crippen LogP contribution is -2.24. The molecule has 1 aromatic heterocycles. The van der Waals surface area contributed by atoms with E-state index in [9.17, 15) is 4.79 Å². The largest absolute Gasteiger partial charge is 0.484 e. The third kappa shape index (κ3) is 5.00. The van der Waals surface area contributed by atoms with Gasteiger partial charge in [0.15, 0.2) is 6.61 Å². The topological polar surface area (TPSA) is 63.6 Å². The van der Waals surface area contributed by atoms with Crippen LogP contribution in [0.3, 0.4) is 0 Å². The lowest BCUT2D eigenvalue weighted by Gasteiger charge is -2.06. The van der Waals surface area contributed by atoms with Crippen molar-refractivity contribution in [2.75, 3.05) is 6.61 Å². The van der Waals surface area contributed by atoms with E-state index in [2.05, 4.69) is 15.5 Å². The molecule has 3 aromatic rings. The van der Waals surface area contributed by atoms with E-state index in [1.54, 1.807) is 12.3 Å². The van der Waals surface area contributed by atoms with Crippen molar-refractivity contribution in [3.05, 3.63) is 84.7 Å². The number of hydrogen-bond donors (Lipinski definition) is 1. The summed E-state index contributed by atoms with van der Waals surface area (Å²) >= 11 is 0. The second kappa shape index (κ2) is 8.40. The number of carbonyl (C=O) groups is 1. The number of carbonyl (C=O) groups excluding carboxylic acids is 1. The minimum absolute atomic E-state index is 0.107. The Bertz CT molecular complexity index is 832. The molecule has 25 heavy (non-hydrogen) atoms. The zero-order chi connectivity index (χ0) is 17.3. The fourth-order valence-corrected chi connectivity index (χ4v) is 2.18. The highest BCUT2D eigenvalue weighted by atomic mass is 16.5. The Morgan fingerprint density at radius 2 is 1.68 bits per heavy atom. The van der Waals surface area contributed by atoms with Crippen LogP contribution in [0, 0.1) is 0 Å². The van der Waals surface area contributed by atoms with Gasteiger partial charge in [-0.3, -0.25) is 9.78 Å². The van der Waals surface area contributed by atoms with Crippen LogP contribution in [0.5, 0.6) is 5.75 Å². The van der Waals surface area contributed by atoms with E-state index in [0.29, 0.717) is 11.4 Å². The monoisotopic (exact) mass is 331 g/mol. The van der Waals surface area contributed by atoms with Gasteiger partial charge in [0.1, 0.15) is 5.75 Å². The predicted molar refractivity (Wildman–Crippen MR) is 97.3 cm³/mol. The van der Waals surface area contributed by atoms with E-state index >= 15 is 0 Å². The molecule has 0 bridgehead atoms. The lowest BCUT2D eigenvalue weighted by molar-refractivity contribution is -0.123. The van der Waals surface area contributed by atoms with Crippen LogP contribution in [0.2, 0.25) is 0 Å². The highest BCUT2D eigenvalue weighted by Crippen LogP contribution is 2.21. The Labute approximate surface area is 146 Å². The molecule has 0 radical (unpaired) electrons. The Kier molecular flexibility index (Phi) is 5.51. The highest BCUT2D eigenvalue weighted by Gasteiger charge is 2.02. The molecule has 1 heterocycles. The van der Waals surface area contributed by atoms with Gasteiger partial charge in [-0.15, -0.1) is 0 Å². The van der Waals surface area contributed by atoms with Crippen LogP contribution in [0.1, 0.15) is 5.69 Å². The number of amides is 1. The van der Waals surface area contributed by atoms with E-state index in [1.165, 1.54) is 6.21 Å². The van der Waals surface area contributed by atoms with Crippen LogP contribution in [0.4, 0.5) is 0 Å². The number of aromatic nitrogens is 1. The van der Waals surface area contributed by atoms with Crippen molar-refractivity contribution in [3.63, 3.8) is 0 Å². The fraction of sp³-hybridized carbons (Fsp3) is 0.0500. The number of hydrazone groups is 1. The predicted octanol–water partition coefficient (Wildman–Crippen LogP) is 3.28. The third-order valence-electron chi connectivity index (χ3n) is 3.41. The fourth-order valence-electron chi connectivity index (χ4n) is 2.18. The first kappa shape index (κ1) is 16.4. The van der Waals surface area contributed by atoms with Crippen molar-refractivity contribution in [2.45, 2.75) is 0 Å². The van der Waals surface area contributed by atoms with Gasteiger partial charge in [0.25, 0.3) is 5.91 Å². The van der Waals surface area contributed by atoms with Gasteiger partial charge in [-0.1, -0.05) is 48.5 Å². The molecular formula is C20H17N3O2. The number of benzene rings is 2. The number of rotatable bonds is 6. The number of nitrogens with zero attached hydrogens (tertiary/aromatic N) is 2. The molecule has 0 saturated carbocycles. The average Bonchev–Trinajstić information content (AvgIpc) is 2.68. The van der Waals surface area contributed by atoms with E-state index in [0.717, 1.165) is 11.1 Å². The Morgan fingerprint density at radius 1 is 0.960 bits per heavy atom. The molecule has 0 aliphatic rings. The van der Waals surface area contributed by atoms with Gasteiger partial charge in [-0.05, 0) is 35.4 Å². The van der Waals surface area contributed by atoms with Crippen molar-refractivity contribution in [1.82, 2.24) is 10.4 Å². The van der Waals surface area contributed by atoms with Crippen LogP contribution < -0.4 is 10.2 Å². The van der Waals surface area contributed by atoms with Crippen molar-refractivity contribution < 1.29 is 9.53 Å². The molecule has 5 heteroatoms. The molecule has 0 saturated heterocycles. The number of nitrogens with one attached hydrogen (secondary N) is 1. The van der Waals surface area contributed by atoms with Crippen LogP contribution in [-0.2, 0) is 4.79 Å². The smallest absolute Gasteiger partial charge is 0.277 e. The van der Waals surface area contributed by atoms with E-state index < -0.39 is 0 Å². The summed E-state index contributed by atoms with van der Waals surface area (Å²) in [5.41, 5.74) is 5.30. The summed E-state index contributed by atoms with van der Waals surface area (Å²) in [6.45, 7) is -0.107. The molecule has 0 spiro atoms. The SMILES string of the molecule is O=C(COc1ccc(-c2ccccc2)cc1)N/N=C\c1ccccn1. The third-order valence-corrected chi connectivity index (χ3v) is 3.41. The zero-order valence-electron chi connectivity index (χ0n) is 13.5. The van der Waals surface area contributed by atoms with Crippen molar-refractivity contribution in [2.24, 2.45) is 5.10 Å². The highest BCUT2D eigenvalue weighted by molar-refractivity contribution is 5.81. The summed E-state index contributed by atoms with van der Waals surface area (Å²) in [5, 5.41) is 3.84. The minimum Gasteiger partial charge on any atom is -0.484 e.